The van der Waals surface area contributed by atoms with E-state index < -0.39 is 5.60 Å². The fourth-order valence-corrected chi connectivity index (χ4v) is 3.10. The Balaban J connectivity index is 1.90. The van der Waals surface area contributed by atoms with Crippen LogP contribution in [0.5, 0.6) is 0 Å². The highest BCUT2D eigenvalue weighted by atomic mass is 16.5. The maximum absolute atomic E-state index is 12.5. The molecule has 1 amide bonds. The van der Waals surface area contributed by atoms with Crippen LogP contribution in [0.25, 0.3) is 0 Å². The van der Waals surface area contributed by atoms with Crippen molar-refractivity contribution in [3.05, 3.63) is 35.4 Å². The molecule has 1 aliphatic heterocycles. The Labute approximate surface area is 133 Å². The highest BCUT2D eigenvalue weighted by Gasteiger charge is 2.36. The van der Waals surface area contributed by atoms with E-state index in [2.05, 4.69) is 12.1 Å². The topological polar surface area (TPSA) is 49.8 Å². The molecule has 0 bridgehead atoms. The molecular weight excluding hydrogens is 278 g/mol. The first-order chi connectivity index (χ1) is 10.5. The molecule has 1 aromatic carbocycles. The molecule has 1 heterocycles. The largest absolute Gasteiger partial charge is 0.392 e. The van der Waals surface area contributed by atoms with Gasteiger partial charge in [0.05, 0.1) is 6.61 Å². The van der Waals surface area contributed by atoms with Crippen LogP contribution in [0.4, 0.5) is 0 Å². The van der Waals surface area contributed by atoms with Crippen LogP contribution in [0.1, 0.15) is 38.3 Å². The number of aliphatic hydroxyl groups excluding tert-OH is 1. The van der Waals surface area contributed by atoms with Crippen LogP contribution in [-0.2, 0) is 22.6 Å². The Bertz CT molecular complexity index is 496. The predicted octanol–water partition coefficient (Wildman–Crippen LogP) is 2.39. The molecule has 0 radical (unpaired) electrons. The lowest BCUT2D eigenvalue weighted by Gasteiger charge is -2.29. The number of ether oxygens (including phenoxy) is 1. The summed E-state index contributed by atoms with van der Waals surface area (Å²) in [6.45, 7) is 7.86. The number of carbonyl (C=O) groups excluding carboxylic acids is 1. The lowest BCUT2D eigenvalue weighted by atomic mass is 9.98. The smallest absolute Gasteiger partial charge is 0.254 e. The van der Waals surface area contributed by atoms with Gasteiger partial charge >= 0.3 is 0 Å². The average Bonchev–Trinajstić information content (AvgIpc) is 2.95. The quantitative estimate of drug-likeness (QED) is 0.878. The minimum Gasteiger partial charge on any atom is -0.392 e. The second kappa shape index (κ2) is 7.25. The van der Waals surface area contributed by atoms with Crippen molar-refractivity contribution in [3.63, 3.8) is 0 Å². The molecule has 2 rings (SSSR count). The Morgan fingerprint density at radius 3 is 2.55 bits per heavy atom. The van der Waals surface area contributed by atoms with Crippen LogP contribution < -0.4 is 0 Å². The van der Waals surface area contributed by atoms with Crippen LogP contribution in [0, 0.1) is 5.92 Å². The van der Waals surface area contributed by atoms with Gasteiger partial charge in [-0.2, -0.15) is 0 Å². The van der Waals surface area contributed by atoms with Gasteiger partial charge in [0.1, 0.15) is 5.60 Å². The van der Waals surface area contributed by atoms with E-state index in [0.29, 0.717) is 12.5 Å². The fraction of sp³-hybridized carbons (Fsp3) is 0.611. The molecule has 1 saturated heterocycles. The van der Waals surface area contributed by atoms with Crippen molar-refractivity contribution in [3.8, 4) is 0 Å². The molecule has 1 fully saturated rings. The fourth-order valence-electron chi connectivity index (χ4n) is 3.10. The molecule has 4 heteroatoms. The summed E-state index contributed by atoms with van der Waals surface area (Å²) in [7, 11) is 0. The Kier molecular flexibility index (Phi) is 5.59. The number of benzene rings is 1. The van der Waals surface area contributed by atoms with E-state index in [9.17, 15) is 4.79 Å². The summed E-state index contributed by atoms with van der Waals surface area (Å²) in [4.78, 5) is 14.4. The molecule has 0 spiro atoms. The van der Waals surface area contributed by atoms with Crippen molar-refractivity contribution in [2.24, 2.45) is 5.92 Å². The highest BCUT2D eigenvalue weighted by molar-refractivity contribution is 5.84. The molecular formula is C18H27NO3. The van der Waals surface area contributed by atoms with Gasteiger partial charge in [-0.15, -0.1) is 0 Å². The van der Waals surface area contributed by atoms with E-state index in [1.165, 1.54) is 5.56 Å². The van der Waals surface area contributed by atoms with Crippen LogP contribution >= 0.6 is 0 Å². The van der Waals surface area contributed by atoms with Gasteiger partial charge < -0.3 is 14.7 Å². The van der Waals surface area contributed by atoms with Gasteiger partial charge in [-0.05, 0) is 50.7 Å². The number of aliphatic hydroxyl groups is 1. The Morgan fingerprint density at radius 1 is 1.32 bits per heavy atom. The lowest BCUT2D eigenvalue weighted by Crippen LogP contribution is -2.46. The molecule has 0 aromatic heterocycles. The summed E-state index contributed by atoms with van der Waals surface area (Å²) < 4.78 is 5.57. The second-order valence-electron chi connectivity index (χ2n) is 6.53. The van der Waals surface area contributed by atoms with E-state index in [1.54, 1.807) is 0 Å². The van der Waals surface area contributed by atoms with Gasteiger partial charge in [0, 0.05) is 19.7 Å². The molecule has 4 nitrogen and oxygen atoms in total. The minimum atomic E-state index is -0.730. The number of likely N-dealkylation sites (tertiary alicyclic amines) is 1. The molecule has 1 atom stereocenters. The van der Waals surface area contributed by atoms with Gasteiger partial charge in [0.25, 0.3) is 5.91 Å². The van der Waals surface area contributed by atoms with Gasteiger partial charge in [-0.25, -0.2) is 0 Å². The second-order valence-corrected chi connectivity index (χ2v) is 6.53. The molecule has 22 heavy (non-hydrogen) atoms. The van der Waals surface area contributed by atoms with Gasteiger partial charge in [0.2, 0.25) is 0 Å². The van der Waals surface area contributed by atoms with E-state index in [0.717, 1.165) is 31.5 Å². The average molecular weight is 305 g/mol. The molecule has 0 unspecified atom stereocenters. The van der Waals surface area contributed by atoms with Gasteiger partial charge in [-0.3, -0.25) is 4.79 Å². The normalized spacial score (nSPS) is 18.7. The van der Waals surface area contributed by atoms with Crippen LogP contribution in [0.15, 0.2) is 24.3 Å². The summed E-state index contributed by atoms with van der Waals surface area (Å²) in [5.41, 5.74) is 1.47. The molecule has 1 aromatic rings. The third-order valence-electron chi connectivity index (χ3n) is 4.32. The maximum atomic E-state index is 12.5. The maximum Gasteiger partial charge on any atom is 0.254 e. The third kappa shape index (κ3) is 4.08. The standard InChI is InChI=1S/C18H27NO3/c1-4-22-18(2,3)17(21)19-10-9-16(12-19)11-14-5-7-15(13-20)8-6-14/h5-8,16,20H,4,9-13H2,1-3H3/t16-/m0/s1. The number of nitrogens with zero attached hydrogens (tertiary/aromatic N) is 1. The number of rotatable bonds is 6. The molecule has 0 aliphatic carbocycles. The van der Waals surface area contributed by atoms with E-state index in [-0.39, 0.29) is 12.5 Å². The van der Waals surface area contributed by atoms with Crippen LogP contribution in [0.2, 0.25) is 0 Å². The van der Waals surface area contributed by atoms with Crippen molar-refractivity contribution >= 4 is 5.91 Å². The van der Waals surface area contributed by atoms with Crippen LogP contribution in [-0.4, -0.2) is 41.2 Å². The predicted molar refractivity (Wildman–Crippen MR) is 86.5 cm³/mol. The van der Waals surface area contributed by atoms with E-state index in [4.69, 9.17) is 9.84 Å². The summed E-state index contributed by atoms with van der Waals surface area (Å²) in [6.07, 6.45) is 2.01. The summed E-state index contributed by atoms with van der Waals surface area (Å²) in [5.74, 6) is 0.592. The number of amides is 1. The van der Waals surface area contributed by atoms with E-state index in [1.807, 2.05) is 37.8 Å². The SMILES string of the molecule is CCOC(C)(C)C(=O)N1CC[C@@H](Cc2ccc(CO)cc2)C1. The van der Waals surface area contributed by atoms with E-state index >= 15 is 0 Å². The first-order valence-electron chi connectivity index (χ1n) is 8.08. The number of carbonyl (C=O) groups is 1. The number of hydrogen-bond acceptors (Lipinski definition) is 3. The van der Waals surface area contributed by atoms with Gasteiger partial charge in [-0.1, -0.05) is 24.3 Å². The molecule has 0 saturated carbocycles. The Hall–Kier alpha value is -1.39. The molecule has 1 N–H and O–H groups in total. The molecule has 122 valence electrons. The van der Waals surface area contributed by atoms with Crippen LogP contribution in [0.3, 0.4) is 0 Å². The van der Waals surface area contributed by atoms with Crippen molar-refractivity contribution < 1.29 is 14.6 Å². The van der Waals surface area contributed by atoms with Crippen molar-refractivity contribution in [1.29, 1.82) is 0 Å². The Morgan fingerprint density at radius 2 is 1.95 bits per heavy atom. The minimum absolute atomic E-state index is 0.0818. The first kappa shape index (κ1) is 17.0. The summed E-state index contributed by atoms with van der Waals surface area (Å²) in [6, 6.07) is 8.07. The zero-order valence-electron chi connectivity index (χ0n) is 13.8. The van der Waals surface area contributed by atoms with Crippen molar-refractivity contribution in [2.75, 3.05) is 19.7 Å². The first-order valence-corrected chi connectivity index (χ1v) is 8.08. The third-order valence-corrected chi connectivity index (χ3v) is 4.32. The molecule has 1 aliphatic rings. The monoisotopic (exact) mass is 305 g/mol. The zero-order chi connectivity index (χ0) is 16.2. The van der Waals surface area contributed by atoms with Gasteiger partial charge in [0.15, 0.2) is 0 Å². The highest BCUT2D eigenvalue weighted by Crippen LogP contribution is 2.24. The lowest BCUT2D eigenvalue weighted by molar-refractivity contribution is -0.152. The summed E-state index contributed by atoms with van der Waals surface area (Å²) in [5, 5.41) is 9.07. The van der Waals surface area contributed by atoms with Crippen molar-refractivity contribution in [2.45, 2.75) is 45.8 Å². The zero-order valence-corrected chi connectivity index (χ0v) is 13.8. The number of hydrogen-bond donors (Lipinski definition) is 1. The summed E-state index contributed by atoms with van der Waals surface area (Å²) >= 11 is 0. The van der Waals surface area contributed by atoms with Crippen molar-refractivity contribution in [1.82, 2.24) is 4.90 Å².